The second kappa shape index (κ2) is 6.76. The Morgan fingerprint density at radius 3 is 1.64 bits per heavy atom. The molecule has 0 fully saturated rings. The predicted octanol–water partition coefficient (Wildman–Crippen LogP) is -0.843. The van der Waals surface area contributed by atoms with E-state index in [0.29, 0.717) is 0 Å². The van der Waals surface area contributed by atoms with Gasteiger partial charge in [-0.2, -0.15) is 0 Å². The van der Waals surface area contributed by atoms with Crippen LogP contribution in [0.25, 0.3) is 0 Å². The third-order valence-corrected chi connectivity index (χ3v) is 2.49. The minimum absolute atomic E-state index is 0.724. The van der Waals surface area contributed by atoms with Gasteiger partial charge in [0.1, 0.15) is 0 Å². The van der Waals surface area contributed by atoms with Crippen molar-refractivity contribution in [1.29, 1.82) is 10.8 Å². The molecule has 0 atom stereocenters. The van der Waals surface area contributed by atoms with Crippen molar-refractivity contribution in [3.63, 3.8) is 0 Å². The van der Waals surface area contributed by atoms with E-state index in [2.05, 4.69) is 0 Å². The highest BCUT2D eigenvalue weighted by Gasteiger charge is 2.43. The Balaban J connectivity index is 3.60. The number of anilines is 1. The summed E-state index contributed by atoms with van der Waals surface area (Å²) in [5, 5.41) is 68.2. The van der Waals surface area contributed by atoms with Crippen LogP contribution in [-0.2, 0) is 0 Å². The third kappa shape index (κ3) is 3.67. The van der Waals surface area contributed by atoms with Crippen molar-refractivity contribution in [1.82, 2.24) is 10.7 Å². The summed E-state index contributed by atoms with van der Waals surface area (Å²) in [5.74, 6) is -4.81. The molecule has 0 saturated carbocycles. The average molecular weight is 359 g/mol. The van der Waals surface area contributed by atoms with E-state index < -0.39 is 60.9 Å². The van der Waals surface area contributed by atoms with Crippen molar-refractivity contribution in [2.45, 2.75) is 0 Å². The monoisotopic (exact) mass is 359 g/mol. The van der Waals surface area contributed by atoms with E-state index in [-0.39, 0.29) is 0 Å². The Morgan fingerprint density at radius 2 is 1.32 bits per heavy atom. The number of nitrogens with one attached hydrogen (secondary N) is 5. The zero-order valence-corrected chi connectivity index (χ0v) is 11.8. The van der Waals surface area contributed by atoms with Crippen LogP contribution in [0.3, 0.4) is 0 Å². The van der Waals surface area contributed by atoms with Gasteiger partial charge in [0.2, 0.25) is 11.6 Å². The Hall–Kier alpha value is -4.44. The SMILES string of the molecule is N=C(N)NC(=N)NNc1c([N+](=O)[O-])c(O)c([N+](=O)[O-])c(O)c1[N+](=O)[O-]. The summed E-state index contributed by atoms with van der Waals surface area (Å²) >= 11 is 0. The van der Waals surface area contributed by atoms with Crippen LogP contribution in [0.4, 0.5) is 22.7 Å². The molecule has 0 amide bonds. The number of phenols is 2. The molecule has 17 nitrogen and oxygen atoms in total. The molecule has 0 aromatic heterocycles. The molecule has 0 aliphatic rings. The second-order valence-corrected chi connectivity index (χ2v) is 4.05. The van der Waals surface area contributed by atoms with E-state index in [0.717, 1.165) is 0 Å². The van der Waals surface area contributed by atoms with Crippen LogP contribution in [0.2, 0.25) is 0 Å². The maximum absolute atomic E-state index is 11.1. The van der Waals surface area contributed by atoms with Crippen LogP contribution in [0.5, 0.6) is 11.5 Å². The molecule has 134 valence electrons. The standard InChI is InChI=1S/C8H9N9O8/c9-7(10)12-8(11)14-13-1-2(15(20)21)5(18)4(17(24)25)6(19)3(1)16(22)23/h13,18-19H,(H6,9,10,11,12,14). The lowest BCUT2D eigenvalue weighted by Crippen LogP contribution is -2.45. The summed E-state index contributed by atoms with van der Waals surface area (Å²) < 4.78 is 0. The summed E-state index contributed by atoms with van der Waals surface area (Å²) in [5.41, 5.74) is 2.70. The average Bonchev–Trinajstić information content (AvgIpc) is 2.42. The van der Waals surface area contributed by atoms with Crippen molar-refractivity contribution < 1.29 is 25.0 Å². The number of nitro groups is 3. The van der Waals surface area contributed by atoms with Crippen LogP contribution in [0.1, 0.15) is 0 Å². The Kier molecular flexibility index (Phi) is 5.04. The number of benzene rings is 1. The number of phenolic OH excluding ortho intramolecular Hbond substituents is 2. The second-order valence-electron chi connectivity index (χ2n) is 4.05. The number of rotatable bonds is 5. The third-order valence-electron chi connectivity index (χ3n) is 2.49. The Labute approximate surface area is 135 Å². The zero-order chi connectivity index (χ0) is 19.5. The van der Waals surface area contributed by atoms with Gasteiger partial charge in [-0.05, 0) is 0 Å². The topological polar surface area (TPSA) is 280 Å². The molecule has 1 aromatic rings. The molecule has 1 rings (SSSR count). The molecule has 0 aliphatic heterocycles. The van der Waals surface area contributed by atoms with Crippen molar-refractivity contribution in [3.8, 4) is 11.5 Å². The first-order valence-electron chi connectivity index (χ1n) is 5.75. The van der Waals surface area contributed by atoms with Gasteiger partial charge in [-0.25, -0.2) is 0 Å². The van der Waals surface area contributed by atoms with E-state index in [1.165, 1.54) is 0 Å². The molecule has 25 heavy (non-hydrogen) atoms. The lowest BCUT2D eigenvalue weighted by molar-refractivity contribution is -0.404. The van der Waals surface area contributed by atoms with Gasteiger partial charge in [-0.3, -0.25) is 57.3 Å². The molecule has 0 saturated heterocycles. The van der Waals surface area contributed by atoms with Crippen LogP contribution in [-0.4, -0.2) is 36.9 Å². The quantitative estimate of drug-likeness (QED) is 0.138. The number of guanidine groups is 2. The molecule has 1 aromatic carbocycles. The number of hydrogen-bond donors (Lipinski definition) is 8. The molecular formula is C8H9N9O8. The summed E-state index contributed by atoms with van der Waals surface area (Å²) in [6, 6.07) is 0. The molecule has 0 bridgehead atoms. The molecule has 17 heteroatoms. The van der Waals surface area contributed by atoms with E-state index in [4.69, 9.17) is 16.6 Å². The maximum atomic E-state index is 11.1. The van der Waals surface area contributed by atoms with Gasteiger partial charge < -0.3 is 15.9 Å². The van der Waals surface area contributed by atoms with E-state index >= 15 is 0 Å². The number of nitro benzene ring substituents is 3. The lowest BCUT2D eigenvalue weighted by atomic mass is 10.1. The molecule has 9 N–H and O–H groups in total. The largest absolute Gasteiger partial charge is 0.497 e. The van der Waals surface area contributed by atoms with Gasteiger partial charge in [0.05, 0.1) is 14.8 Å². The van der Waals surface area contributed by atoms with Crippen molar-refractivity contribution in [2.75, 3.05) is 5.43 Å². The normalized spacial score (nSPS) is 9.76. The first-order valence-corrected chi connectivity index (χ1v) is 5.75. The van der Waals surface area contributed by atoms with Crippen LogP contribution in [0, 0.1) is 41.2 Å². The highest BCUT2D eigenvalue weighted by atomic mass is 16.6. The van der Waals surface area contributed by atoms with Crippen LogP contribution >= 0.6 is 0 Å². The fourth-order valence-corrected chi connectivity index (χ4v) is 1.62. The molecule has 0 spiro atoms. The van der Waals surface area contributed by atoms with Crippen molar-refractivity contribution in [2.24, 2.45) is 5.73 Å². The fourth-order valence-electron chi connectivity index (χ4n) is 1.62. The predicted molar refractivity (Wildman–Crippen MR) is 79.3 cm³/mol. The van der Waals surface area contributed by atoms with Gasteiger partial charge >= 0.3 is 17.1 Å². The number of aromatic hydroxyl groups is 2. The maximum Gasteiger partial charge on any atom is 0.366 e. The van der Waals surface area contributed by atoms with Gasteiger partial charge in [0, 0.05) is 0 Å². The van der Waals surface area contributed by atoms with Gasteiger partial charge in [0.15, 0.2) is 5.96 Å². The highest BCUT2D eigenvalue weighted by Crippen LogP contribution is 2.53. The summed E-state index contributed by atoms with van der Waals surface area (Å²) in [7, 11) is 0. The molecule has 0 unspecified atom stereocenters. The summed E-state index contributed by atoms with van der Waals surface area (Å²) in [6.45, 7) is 0. The number of nitrogens with two attached hydrogens (primary N) is 1. The minimum atomic E-state index is -1.64. The first-order chi connectivity index (χ1) is 11.5. The Bertz CT molecular complexity index is 764. The first kappa shape index (κ1) is 18.6. The summed E-state index contributed by atoms with van der Waals surface area (Å²) in [4.78, 5) is 28.7. The molecule has 0 aliphatic carbocycles. The van der Waals surface area contributed by atoms with Gasteiger partial charge in [-0.15, -0.1) is 0 Å². The van der Waals surface area contributed by atoms with Gasteiger partial charge in [0.25, 0.3) is 11.5 Å². The minimum Gasteiger partial charge on any atom is -0.497 e. The van der Waals surface area contributed by atoms with Gasteiger partial charge in [-0.1, -0.05) is 0 Å². The fraction of sp³-hybridized carbons (Fsp3) is 0. The van der Waals surface area contributed by atoms with E-state index in [1.807, 2.05) is 10.7 Å². The Morgan fingerprint density at radius 1 is 0.920 bits per heavy atom. The number of hydrazine groups is 1. The lowest BCUT2D eigenvalue weighted by Gasteiger charge is -2.13. The van der Waals surface area contributed by atoms with Crippen molar-refractivity contribution in [3.05, 3.63) is 30.3 Å². The van der Waals surface area contributed by atoms with Crippen LogP contribution in [0.15, 0.2) is 0 Å². The van der Waals surface area contributed by atoms with Crippen LogP contribution < -0.4 is 21.9 Å². The molecular weight excluding hydrogens is 350 g/mol. The summed E-state index contributed by atoms with van der Waals surface area (Å²) in [6.07, 6.45) is 0. The van der Waals surface area contributed by atoms with Crippen molar-refractivity contribution >= 4 is 34.7 Å². The van der Waals surface area contributed by atoms with E-state index in [1.54, 1.807) is 5.43 Å². The number of nitrogens with zero attached hydrogens (tertiary/aromatic N) is 3. The number of hydrogen-bond acceptors (Lipinski definition) is 11. The van der Waals surface area contributed by atoms with E-state index in [9.17, 15) is 40.6 Å². The highest BCUT2D eigenvalue weighted by molar-refractivity contribution is 5.96. The molecule has 0 heterocycles. The zero-order valence-electron chi connectivity index (χ0n) is 11.8. The smallest absolute Gasteiger partial charge is 0.366 e. The molecule has 0 radical (unpaired) electrons.